The molecule has 0 radical (unpaired) electrons. The van der Waals surface area contributed by atoms with Gasteiger partial charge in [0.1, 0.15) is 5.52 Å². The molecule has 0 amide bonds. The van der Waals surface area contributed by atoms with E-state index in [-0.39, 0.29) is 5.82 Å². The molecule has 7 heteroatoms. The van der Waals surface area contributed by atoms with Crippen LogP contribution in [0.4, 0.5) is 0 Å². The van der Waals surface area contributed by atoms with E-state index >= 15 is 0 Å². The number of nitrogens with zero attached hydrogens (tertiary/aromatic N) is 1. The molecule has 0 aliphatic rings. The normalized spacial score (nSPS) is 12.1. The molecule has 1 N–H and O–H groups in total. The van der Waals surface area contributed by atoms with Gasteiger partial charge in [0.05, 0.1) is 17.6 Å². The van der Waals surface area contributed by atoms with Crippen LogP contribution in [0.2, 0.25) is 5.02 Å². The van der Waals surface area contributed by atoms with E-state index < -0.39 is 3.79 Å². The highest BCUT2D eigenvalue weighted by Crippen LogP contribution is 2.39. The summed E-state index contributed by atoms with van der Waals surface area (Å²) in [5.41, 5.74) is 1.24. The summed E-state index contributed by atoms with van der Waals surface area (Å²) < 4.78 is 3.54. The first-order valence-corrected chi connectivity index (χ1v) is 5.74. The predicted molar refractivity (Wildman–Crippen MR) is 66.9 cm³/mol. The lowest BCUT2D eigenvalue weighted by Crippen LogP contribution is -2.02. The number of rotatable bonds is 1. The van der Waals surface area contributed by atoms with E-state index in [9.17, 15) is 0 Å². The second-order valence-corrected chi connectivity index (χ2v) is 5.75. The summed E-state index contributed by atoms with van der Waals surface area (Å²) in [4.78, 5) is 7.05. The van der Waals surface area contributed by atoms with Crippen molar-refractivity contribution in [1.82, 2.24) is 9.97 Å². The Balaban J connectivity index is 2.71. The number of alkyl halides is 3. The van der Waals surface area contributed by atoms with Gasteiger partial charge >= 0.3 is 0 Å². The molecule has 0 fully saturated rings. The zero-order valence-corrected chi connectivity index (χ0v) is 11.0. The number of methoxy groups -OCH3 is 1. The topological polar surface area (TPSA) is 37.9 Å². The minimum Gasteiger partial charge on any atom is -0.493 e. The van der Waals surface area contributed by atoms with Gasteiger partial charge < -0.3 is 9.72 Å². The molecule has 0 saturated heterocycles. The SMILES string of the molecule is COc1c(Cl)ccc2[nH]c(C(Cl)(Cl)Cl)nc12. The van der Waals surface area contributed by atoms with Crippen molar-refractivity contribution in [1.29, 1.82) is 0 Å². The van der Waals surface area contributed by atoms with Crippen LogP contribution in [0.5, 0.6) is 5.75 Å². The molecule has 1 heterocycles. The van der Waals surface area contributed by atoms with Gasteiger partial charge in [-0.25, -0.2) is 4.98 Å². The highest BCUT2D eigenvalue weighted by molar-refractivity contribution is 6.66. The van der Waals surface area contributed by atoms with Crippen LogP contribution in [0.15, 0.2) is 12.1 Å². The van der Waals surface area contributed by atoms with Gasteiger partial charge in [0.15, 0.2) is 11.6 Å². The van der Waals surface area contributed by atoms with Crippen molar-refractivity contribution in [2.24, 2.45) is 0 Å². The molecule has 1 aromatic carbocycles. The third-order valence-electron chi connectivity index (χ3n) is 2.03. The fourth-order valence-corrected chi connectivity index (χ4v) is 1.85. The molecular weight excluding hydrogens is 294 g/mol. The number of aromatic nitrogens is 2. The minimum atomic E-state index is -1.60. The summed E-state index contributed by atoms with van der Waals surface area (Å²) in [6, 6.07) is 3.43. The monoisotopic (exact) mass is 298 g/mol. The van der Waals surface area contributed by atoms with E-state index in [1.54, 1.807) is 12.1 Å². The average molecular weight is 300 g/mol. The third kappa shape index (κ3) is 2.05. The highest BCUT2D eigenvalue weighted by atomic mass is 35.6. The summed E-state index contributed by atoms with van der Waals surface area (Å²) >= 11 is 23.1. The molecule has 16 heavy (non-hydrogen) atoms. The number of ether oxygens (including phenoxy) is 1. The van der Waals surface area contributed by atoms with Crippen molar-refractivity contribution in [3.05, 3.63) is 23.0 Å². The quantitative estimate of drug-likeness (QED) is 0.807. The Morgan fingerprint density at radius 1 is 1.31 bits per heavy atom. The van der Waals surface area contributed by atoms with Crippen LogP contribution in [0.25, 0.3) is 11.0 Å². The molecule has 0 saturated carbocycles. The number of H-pyrrole nitrogens is 1. The number of hydrogen-bond donors (Lipinski definition) is 1. The second kappa shape index (κ2) is 4.15. The van der Waals surface area contributed by atoms with Crippen molar-refractivity contribution >= 4 is 57.4 Å². The number of nitrogens with one attached hydrogen (secondary N) is 1. The number of benzene rings is 1. The van der Waals surface area contributed by atoms with Crippen LogP contribution in [-0.4, -0.2) is 17.1 Å². The van der Waals surface area contributed by atoms with Crippen molar-refractivity contribution in [2.75, 3.05) is 7.11 Å². The second-order valence-electron chi connectivity index (χ2n) is 3.06. The van der Waals surface area contributed by atoms with Gasteiger partial charge in [0.25, 0.3) is 0 Å². The maximum atomic E-state index is 5.95. The van der Waals surface area contributed by atoms with Crippen molar-refractivity contribution < 1.29 is 4.74 Å². The molecule has 86 valence electrons. The molecule has 0 unspecified atom stereocenters. The Hall–Kier alpha value is -0.350. The number of imidazole rings is 1. The standard InChI is InChI=1S/C9H6Cl4N2O/c1-16-7-4(10)2-3-5-6(7)15-8(14-5)9(11,12)13/h2-3H,1H3,(H,14,15). The van der Waals surface area contributed by atoms with Crippen LogP contribution >= 0.6 is 46.4 Å². The molecule has 0 spiro atoms. The molecule has 2 aromatic rings. The zero-order chi connectivity index (χ0) is 11.9. The number of hydrogen-bond acceptors (Lipinski definition) is 2. The lowest BCUT2D eigenvalue weighted by atomic mass is 10.3. The molecule has 0 aliphatic heterocycles. The first kappa shape index (κ1) is 12.1. The van der Waals surface area contributed by atoms with Crippen molar-refractivity contribution in [3.63, 3.8) is 0 Å². The van der Waals surface area contributed by atoms with Gasteiger partial charge in [-0.1, -0.05) is 46.4 Å². The molecule has 3 nitrogen and oxygen atoms in total. The Bertz CT molecular complexity index is 532. The van der Waals surface area contributed by atoms with E-state index in [4.69, 9.17) is 51.1 Å². The van der Waals surface area contributed by atoms with Crippen LogP contribution in [0.3, 0.4) is 0 Å². The maximum absolute atomic E-state index is 5.95. The Labute approximate surface area is 112 Å². The van der Waals surface area contributed by atoms with E-state index in [1.807, 2.05) is 0 Å². The van der Waals surface area contributed by atoms with Crippen LogP contribution in [0.1, 0.15) is 5.82 Å². The van der Waals surface area contributed by atoms with E-state index in [1.165, 1.54) is 7.11 Å². The summed E-state index contributed by atoms with van der Waals surface area (Å²) in [6.07, 6.45) is 0. The molecule has 2 rings (SSSR count). The van der Waals surface area contributed by atoms with Gasteiger partial charge in [-0.15, -0.1) is 0 Å². The van der Waals surface area contributed by atoms with Crippen LogP contribution < -0.4 is 4.74 Å². The average Bonchev–Trinajstić information content (AvgIpc) is 2.60. The Kier molecular flexibility index (Phi) is 3.14. The smallest absolute Gasteiger partial charge is 0.248 e. The first-order chi connectivity index (χ1) is 7.43. The molecular formula is C9H6Cl4N2O. The lowest BCUT2D eigenvalue weighted by Gasteiger charge is -2.04. The van der Waals surface area contributed by atoms with Crippen LogP contribution in [-0.2, 0) is 3.79 Å². The van der Waals surface area contributed by atoms with E-state index in [0.29, 0.717) is 21.8 Å². The van der Waals surface area contributed by atoms with Gasteiger partial charge in [-0.2, -0.15) is 0 Å². The molecule has 0 aliphatic carbocycles. The minimum absolute atomic E-state index is 0.230. The molecule has 0 atom stereocenters. The summed E-state index contributed by atoms with van der Waals surface area (Å²) in [5.74, 6) is 0.684. The van der Waals surface area contributed by atoms with Crippen molar-refractivity contribution in [2.45, 2.75) is 3.79 Å². The predicted octanol–water partition coefficient (Wildman–Crippen LogP) is 4.05. The van der Waals surface area contributed by atoms with E-state index in [0.717, 1.165) is 0 Å². The first-order valence-electron chi connectivity index (χ1n) is 4.23. The van der Waals surface area contributed by atoms with Crippen molar-refractivity contribution in [3.8, 4) is 5.75 Å². The summed E-state index contributed by atoms with van der Waals surface area (Å²) in [6.45, 7) is 0. The molecule has 1 aromatic heterocycles. The fraction of sp³-hybridized carbons (Fsp3) is 0.222. The van der Waals surface area contributed by atoms with Gasteiger partial charge in [0, 0.05) is 0 Å². The zero-order valence-electron chi connectivity index (χ0n) is 8.02. The maximum Gasteiger partial charge on any atom is 0.248 e. The van der Waals surface area contributed by atoms with Gasteiger partial charge in [-0.05, 0) is 12.1 Å². The number of halogens is 4. The highest BCUT2D eigenvalue weighted by Gasteiger charge is 2.28. The largest absolute Gasteiger partial charge is 0.493 e. The molecule has 0 bridgehead atoms. The summed E-state index contributed by atoms with van der Waals surface area (Å²) in [5, 5.41) is 0.456. The number of aromatic amines is 1. The fourth-order valence-electron chi connectivity index (χ4n) is 1.35. The van der Waals surface area contributed by atoms with E-state index in [2.05, 4.69) is 9.97 Å². The van der Waals surface area contributed by atoms with Gasteiger partial charge in [0.2, 0.25) is 3.79 Å². The Morgan fingerprint density at radius 3 is 2.56 bits per heavy atom. The lowest BCUT2D eigenvalue weighted by molar-refractivity contribution is 0.419. The summed E-state index contributed by atoms with van der Waals surface area (Å²) in [7, 11) is 1.50. The third-order valence-corrected chi connectivity index (χ3v) is 2.87. The Morgan fingerprint density at radius 2 is 2.00 bits per heavy atom. The van der Waals surface area contributed by atoms with Crippen LogP contribution in [0, 0.1) is 0 Å². The number of fused-ring (bicyclic) bond motifs is 1. The van der Waals surface area contributed by atoms with Gasteiger partial charge in [-0.3, -0.25) is 0 Å².